The number of ether oxygens (including phenoxy) is 1. The highest BCUT2D eigenvalue weighted by atomic mass is 16.5. The van der Waals surface area contributed by atoms with Crippen molar-refractivity contribution in [2.45, 2.75) is 103 Å². The normalized spacial score (nSPS) is 39.9. The fourth-order valence-corrected chi connectivity index (χ4v) is 5.89. The van der Waals surface area contributed by atoms with E-state index < -0.39 is 0 Å². The van der Waals surface area contributed by atoms with E-state index in [1.54, 1.807) is 0 Å². The quantitative estimate of drug-likeness (QED) is 0.444. The fourth-order valence-electron chi connectivity index (χ4n) is 5.89. The SMILES string of the molecule is C=CC1CCC(C2CCC(CCC3CCC(CCC)CC3)CC2)OC1. The Hall–Kier alpha value is -0.300. The third-order valence-corrected chi connectivity index (χ3v) is 7.74. The molecule has 2 aliphatic carbocycles. The molecule has 1 aliphatic heterocycles. The monoisotopic (exact) mass is 346 g/mol. The summed E-state index contributed by atoms with van der Waals surface area (Å²) in [4.78, 5) is 0. The molecule has 3 rings (SSSR count). The molecule has 144 valence electrons. The first-order chi connectivity index (χ1) is 12.3. The molecule has 1 nitrogen and oxygen atoms in total. The van der Waals surface area contributed by atoms with Gasteiger partial charge in [0.15, 0.2) is 0 Å². The van der Waals surface area contributed by atoms with Gasteiger partial charge in [-0.1, -0.05) is 77.2 Å². The lowest BCUT2D eigenvalue weighted by atomic mass is 9.73. The van der Waals surface area contributed by atoms with Crippen LogP contribution >= 0.6 is 0 Å². The zero-order valence-electron chi connectivity index (χ0n) is 16.8. The summed E-state index contributed by atoms with van der Waals surface area (Å²) in [5, 5.41) is 0. The summed E-state index contributed by atoms with van der Waals surface area (Å²) >= 11 is 0. The van der Waals surface area contributed by atoms with Crippen LogP contribution in [0.15, 0.2) is 12.7 Å². The molecule has 1 heteroatoms. The first-order valence-corrected chi connectivity index (χ1v) is 11.5. The molecule has 2 saturated carbocycles. The van der Waals surface area contributed by atoms with E-state index >= 15 is 0 Å². The Kier molecular flexibility index (Phi) is 7.90. The van der Waals surface area contributed by atoms with Crippen molar-refractivity contribution in [2.24, 2.45) is 29.6 Å². The van der Waals surface area contributed by atoms with Gasteiger partial charge in [0.05, 0.1) is 12.7 Å². The predicted octanol–water partition coefficient (Wildman–Crippen LogP) is 7.16. The molecule has 1 heterocycles. The first-order valence-electron chi connectivity index (χ1n) is 11.5. The zero-order chi connectivity index (χ0) is 17.5. The summed E-state index contributed by atoms with van der Waals surface area (Å²) in [6.45, 7) is 7.20. The van der Waals surface area contributed by atoms with Crippen LogP contribution in [0, 0.1) is 29.6 Å². The lowest BCUT2D eigenvalue weighted by Gasteiger charge is -2.37. The van der Waals surface area contributed by atoms with Crippen molar-refractivity contribution >= 4 is 0 Å². The van der Waals surface area contributed by atoms with Gasteiger partial charge in [-0.2, -0.15) is 0 Å². The second kappa shape index (κ2) is 10.1. The zero-order valence-corrected chi connectivity index (χ0v) is 16.8. The van der Waals surface area contributed by atoms with Gasteiger partial charge in [-0.3, -0.25) is 0 Å². The largest absolute Gasteiger partial charge is 0.377 e. The van der Waals surface area contributed by atoms with Crippen molar-refractivity contribution in [3.05, 3.63) is 12.7 Å². The third-order valence-electron chi connectivity index (χ3n) is 7.74. The van der Waals surface area contributed by atoms with Crippen LogP contribution in [0.25, 0.3) is 0 Å². The van der Waals surface area contributed by atoms with Gasteiger partial charge in [-0.15, -0.1) is 6.58 Å². The molecular formula is C24H42O. The summed E-state index contributed by atoms with van der Waals surface area (Å²) in [5.41, 5.74) is 0. The van der Waals surface area contributed by atoms with Crippen molar-refractivity contribution in [1.82, 2.24) is 0 Å². The van der Waals surface area contributed by atoms with E-state index in [9.17, 15) is 0 Å². The average molecular weight is 347 g/mol. The molecule has 3 fully saturated rings. The Morgan fingerprint density at radius 2 is 1.32 bits per heavy atom. The summed E-state index contributed by atoms with van der Waals surface area (Å²) in [5.74, 6) is 4.61. The molecule has 2 atom stereocenters. The topological polar surface area (TPSA) is 9.23 Å². The van der Waals surface area contributed by atoms with Crippen LogP contribution in [0.3, 0.4) is 0 Å². The molecular weight excluding hydrogens is 304 g/mol. The molecule has 0 radical (unpaired) electrons. The lowest BCUT2D eigenvalue weighted by molar-refractivity contribution is -0.0494. The van der Waals surface area contributed by atoms with Gasteiger partial charge in [-0.05, 0) is 49.4 Å². The molecule has 0 aromatic carbocycles. The van der Waals surface area contributed by atoms with Gasteiger partial charge < -0.3 is 4.74 Å². The second-order valence-corrected chi connectivity index (χ2v) is 9.48. The Morgan fingerprint density at radius 3 is 1.80 bits per heavy atom. The summed E-state index contributed by atoms with van der Waals surface area (Å²) in [7, 11) is 0. The minimum Gasteiger partial charge on any atom is -0.377 e. The minimum absolute atomic E-state index is 0.561. The van der Waals surface area contributed by atoms with Gasteiger partial charge in [0.2, 0.25) is 0 Å². The highest BCUT2D eigenvalue weighted by molar-refractivity contribution is 4.87. The van der Waals surface area contributed by atoms with E-state index in [1.165, 1.54) is 89.9 Å². The molecule has 0 spiro atoms. The highest BCUT2D eigenvalue weighted by Gasteiger charge is 2.31. The van der Waals surface area contributed by atoms with Crippen LogP contribution in [-0.4, -0.2) is 12.7 Å². The highest BCUT2D eigenvalue weighted by Crippen LogP contribution is 2.40. The summed E-state index contributed by atoms with van der Waals surface area (Å²) < 4.78 is 6.17. The molecule has 25 heavy (non-hydrogen) atoms. The van der Waals surface area contributed by atoms with Crippen LogP contribution in [0.2, 0.25) is 0 Å². The van der Waals surface area contributed by atoms with Gasteiger partial charge in [0.1, 0.15) is 0 Å². The van der Waals surface area contributed by atoms with E-state index in [0.29, 0.717) is 12.0 Å². The maximum atomic E-state index is 6.17. The molecule has 0 bridgehead atoms. The summed E-state index contributed by atoms with van der Waals surface area (Å²) in [6.07, 6.45) is 23.0. The van der Waals surface area contributed by atoms with Crippen molar-refractivity contribution in [3.63, 3.8) is 0 Å². The number of hydrogen-bond donors (Lipinski definition) is 0. The molecule has 0 aromatic rings. The average Bonchev–Trinajstić information content (AvgIpc) is 2.68. The van der Waals surface area contributed by atoms with E-state index in [2.05, 4.69) is 19.6 Å². The maximum absolute atomic E-state index is 6.17. The fraction of sp³-hybridized carbons (Fsp3) is 0.917. The Labute approximate surface area is 157 Å². The molecule has 0 amide bonds. The number of hydrogen-bond acceptors (Lipinski definition) is 1. The Bertz CT molecular complexity index is 366. The van der Waals surface area contributed by atoms with Gasteiger partial charge >= 0.3 is 0 Å². The lowest BCUT2D eigenvalue weighted by Crippen LogP contribution is -2.33. The van der Waals surface area contributed by atoms with Gasteiger partial charge in [-0.25, -0.2) is 0 Å². The smallest absolute Gasteiger partial charge is 0.0603 e. The van der Waals surface area contributed by atoms with Crippen LogP contribution < -0.4 is 0 Å². The second-order valence-electron chi connectivity index (χ2n) is 9.48. The maximum Gasteiger partial charge on any atom is 0.0603 e. The van der Waals surface area contributed by atoms with E-state index in [-0.39, 0.29) is 0 Å². The standard InChI is InChI=1S/C24H42O/c1-3-5-20-6-8-21(9-7-20)10-11-22-12-15-23(16-13-22)24-17-14-19(4-2)18-25-24/h4,19-24H,2-3,5-18H2,1H3. The number of rotatable bonds is 7. The summed E-state index contributed by atoms with van der Waals surface area (Å²) in [6, 6.07) is 0. The Balaban J connectivity index is 1.29. The van der Waals surface area contributed by atoms with Crippen LogP contribution in [-0.2, 0) is 4.74 Å². The molecule has 0 aromatic heterocycles. The van der Waals surface area contributed by atoms with Crippen LogP contribution in [0.4, 0.5) is 0 Å². The van der Waals surface area contributed by atoms with Crippen molar-refractivity contribution in [2.75, 3.05) is 6.61 Å². The van der Waals surface area contributed by atoms with Crippen LogP contribution in [0.5, 0.6) is 0 Å². The third kappa shape index (κ3) is 5.84. The Morgan fingerprint density at radius 1 is 0.760 bits per heavy atom. The molecule has 0 N–H and O–H groups in total. The molecule has 3 aliphatic rings. The van der Waals surface area contributed by atoms with E-state index in [0.717, 1.165) is 30.3 Å². The van der Waals surface area contributed by atoms with Crippen molar-refractivity contribution < 1.29 is 4.74 Å². The van der Waals surface area contributed by atoms with Crippen molar-refractivity contribution in [1.29, 1.82) is 0 Å². The molecule has 1 saturated heterocycles. The van der Waals surface area contributed by atoms with E-state index in [1.807, 2.05) is 0 Å². The van der Waals surface area contributed by atoms with E-state index in [4.69, 9.17) is 4.74 Å². The van der Waals surface area contributed by atoms with Crippen LogP contribution in [0.1, 0.15) is 96.8 Å². The predicted molar refractivity (Wildman–Crippen MR) is 108 cm³/mol. The first kappa shape index (κ1) is 19.5. The van der Waals surface area contributed by atoms with Crippen molar-refractivity contribution in [3.8, 4) is 0 Å². The minimum atomic E-state index is 0.561. The van der Waals surface area contributed by atoms with Gasteiger partial charge in [0, 0.05) is 5.92 Å². The molecule has 2 unspecified atom stereocenters. The van der Waals surface area contributed by atoms with Gasteiger partial charge in [0.25, 0.3) is 0 Å².